The Hall–Kier alpha value is -1.36. The van der Waals surface area contributed by atoms with Crippen LogP contribution in [0.3, 0.4) is 0 Å². The highest BCUT2D eigenvalue weighted by atomic mass is 16.5. The molecule has 1 aromatic heterocycles. The van der Waals surface area contributed by atoms with Crippen LogP contribution in [0.4, 0.5) is 0 Å². The third kappa shape index (κ3) is 2.97. The highest BCUT2D eigenvalue weighted by Gasteiger charge is 2.28. The number of imidazole rings is 1. The third-order valence-corrected chi connectivity index (χ3v) is 4.10. The summed E-state index contributed by atoms with van der Waals surface area (Å²) in [5.74, 6) is -0.111. The number of aromatic amines is 1. The van der Waals surface area contributed by atoms with Crippen molar-refractivity contribution in [3.8, 4) is 0 Å². The predicted molar refractivity (Wildman–Crippen MR) is 70.5 cm³/mol. The molecule has 1 saturated carbocycles. The molecule has 5 heteroatoms. The van der Waals surface area contributed by atoms with Crippen molar-refractivity contribution in [1.29, 1.82) is 0 Å². The number of H-pyrrole nitrogens is 1. The van der Waals surface area contributed by atoms with Crippen LogP contribution in [0.25, 0.3) is 0 Å². The van der Waals surface area contributed by atoms with Crippen LogP contribution < -0.4 is 5.32 Å². The number of fused-ring (bicyclic) bond motifs is 1. The summed E-state index contributed by atoms with van der Waals surface area (Å²) < 4.78 is 5.66. The van der Waals surface area contributed by atoms with Crippen molar-refractivity contribution in [3.05, 3.63) is 17.7 Å². The number of nitrogens with zero attached hydrogens (tertiary/aromatic N) is 1. The first-order valence-electron chi connectivity index (χ1n) is 7.28. The molecule has 104 valence electrons. The molecule has 0 aromatic carbocycles. The van der Waals surface area contributed by atoms with Gasteiger partial charge in [0.2, 0.25) is 0 Å². The highest BCUT2D eigenvalue weighted by molar-refractivity contribution is 5.76. The summed E-state index contributed by atoms with van der Waals surface area (Å²) in [4.78, 5) is 19.5. The summed E-state index contributed by atoms with van der Waals surface area (Å²) in [6.45, 7) is 0.666. The number of carbonyl (C=O) groups excluding carboxylic acids is 1. The average molecular weight is 263 g/mol. The molecule has 0 bridgehead atoms. The quantitative estimate of drug-likeness (QED) is 0.629. The molecule has 1 aliphatic carbocycles. The fourth-order valence-corrected chi connectivity index (χ4v) is 2.94. The molecule has 1 aliphatic heterocycles. The van der Waals surface area contributed by atoms with Crippen molar-refractivity contribution in [2.75, 3.05) is 0 Å². The minimum atomic E-state index is -0.237. The van der Waals surface area contributed by atoms with Gasteiger partial charge in [-0.3, -0.25) is 10.1 Å². The van der Waals surface area contributed by atoms with Crippen molar-refractivity contribution < 1.29 is 9.53 Å². The normalized spacial score (nSPS) is 24.5. The molecule has 1 aromatic rings. The van der Waals surface area contributed by atoms with Crippen LogP contribution in [0, 0.1) is 0 Å². The smallest absolute Gasteiger partial charge is 0.323 e. The number of nitrogens with one attached hydrogen (secondary N) is 2. The van der Waals surface area contributed by atoms with Gasteiger partial charge in [-0.2, -0.15) is 0 Å². The van der Waals surface area contributed by atoms with E-state index in [2.05, 4.69) is 15.3 Å². The molecular weight excluding hydrogens is 242 g/mol. The first kappa shape index (κ1) is 12.7. The molecule has 0 saturated heterocycles. The van der Waals surface area contributed by atoms with Crippen LogP contribution in [0.5, 0.6) is 0 Å². The average Bonchev–Trinajstić information content (AvgIpc) is 2.75. The minimum Gasteiger partial charge on any atom is -0.461 e. The third-order valence-electron chi connectivity index (χ3n) is 4.10. The first-order valence-corrected chi connectivity index (χ1v) is 7.28. The van der Waals surface area contributed by atoms with E-state index in [0.29, 0.717) is 13.0 Å². The second-order valence-corrected chi connectivity index (χ2v) is 5.52. The van der Waals surface area contributed by atoms with Gasteiger partial charge in [-0.25, -0.2) is 4.98 Å². The maximum Gasteiger partial charge on any atom is 0.323 e. The SMILES string of the molecule is O=C(OC1CCCCCC1)C1Cc2nc[nH]c2CN1. The van der Waals surface area contributed by atoms with Gasteiger partial charge < -0.3 is 9.72 Å². The fourth-order valence-electron chi connectivity index (χ4n) is 2.94. The molecule has 0 amide bonds. The molecule has 2 N–H and O–H groups in total. The first-order chi connectivity index (χ1) is 9.33. The summed E-state index contributed by atoms with van der Waals surface area (Å²) in [7, 11) is 0. The van der Waals surface area contributed by atoms with Crippen LogP contribution >= 0.6 is 0 Å². The Morgan fingerprint density at radius 2 is 2.05 bits per heavy atom. The Morgan fingerprint density at radius 3 is 2.84 bits per heavy atom. The van der Waals surface area contributed by atoms with E-state index in [4.69, 9.17) is 4.74 Å². The zero-order chi connectivity index (χ0) is 13.1. The number of esters is 1. The molecule has 1 atom stereocenters. The molecule has 2 aliphatic rings. The lowest BCUT2D eigenvalue weighted by molar-refractivity contribution is -0.152. The van der Waals surface area contributed by atoms with E-state index in [1.54, 1.807) is 6.33 Å². The zero-order valence-corrected chi connectivity index (χ0v) is 11.2. The van der Waals surface area contributed by atoms with Gasteiger partial charge in [-0.15, -0.1) is 0 Å². The molecule has 0 spiro atoms. The van der Waals surface area contributed by atoms with Gasteiger partial charge in [0.1, 0.15) is 12.1 Å². The van der Waals surface area contributed by atoms with Crippen molar-refractivity contribution in [3.63, 3.8) is 0 Å². The van der Waals surface area contributed by atoms with Crippen LogP contribution in [0.2, 0.25) is 0 Å². The lowest BCUT2D eigenvalue weighted by Gasteiger charge is -2.24. The van der Waals surface area contributed by atoms with Crippen LogP contribution in [-0.2, 0) is 22.5 Å². The van der Waals surface area contributed by atoms with E-state index in [1.807, 2.05) is 0 Å². The Labute approximate surface area is 113 Å². The molecule has 5 nitrogen and oxygen atoms in total. The largest absolute Gasteiger partial charge is 0.461 e. The van der Waals surface area contributed by atoms with E-state index in [9.17, 15) is 4.79 Å². The molecule has 2 heterocycles. The summed E-state index contributed by atoms with van der Waals surface area (Å²) in [5, 5.41) is 3.22. The van der Waals surface area contributed by atoms with Crippen molar-refractivity contribution >= 4 is 5.97 Å². The van der Waals surface area contributed by atoms with Crippen LogP contribution in [-0.4, -0.2) is 28.1 Å². The Bertz CT molecular complexity index is 436. The van der Waals surface area contributed by atoms with Crippen LogP contribution in [0.1, 0.15) is 49.9 Å². The summed E-state index contributed by atoms with van der Waals surface area (Å²) >= 11 is 0. The molecule has 19 heavy (non-hydrogen) atoms. The van der Waals surface area contributed by atoms with E-state index in [1.165, 1.54) is 25.7 Å². The van der Waals surface area contributed by atoms with E-state index < -0.39 is 0 Å². The van der Waals surface area contributed by atoms with E-state index in [0.717, 1.165) is 24.2 Å². The number of aromatic nitrogens is 2. The predicted octanol–water partition coefficient (Wildman–Crippen LogP) is 1.69. The van der Waals surface area contributed by atoms with Gasteiger partial charge in [-0.1, -0.05) is 12.8 Å². The Kier molecular flexibility index (Phi) is 3.82. The van der Waals surface area contributed by atoms with Gasteiger partial charge in [0, 0.05) is 13.0 Å². The zero-order valence-electron chi connectivity index (χ0n) is 11.2. The van der Waals surface area contributed by atoms with Gasteiger partial charge in [0.25, 0.3) is 0 Å². The van der Waals surface area contributed by atoms with Crippen molar-refractivity contribution in [1.82, 2.24) is 15.3 Å². The standard InChI is InChI=1S/C14H21N3O2/c18-14(19-10-5-3-1-2-4-6-10)12-7-11-13(8-15-12)17-9-16-11/h9-10,12,15H,1-8H2,(H,16,17). The molecule has 3 rings (SSSR count). The van der Waals surface area contributed by atoms with Gasteiger partial charge in [0.05, 0.1) is 17.7 Å². The molecule has 1 unspecified atom stereocenters. The van der Waals surface area contributed by atoms with Crippen LogP contribution in [0.15, 0.2) is 6.33 Å². The highest BCUT2D eigenvalue weighted by Crippen LogP contribution is 2.21. The summed E-state index contributed by atoms with van der Waals surface area (Å²) in [5.41, 5.74) is 2.07. The molecule has 0 radical (unpaired) electrons. The lowest BCUT2D eigenvalue weighted by atomic mass is 10.1. The number of hydrogen-bond acceptors (Lipinski definition) is 4. The summed E-state index contributed by atoms with van der Waals surface area (Å²) in [6, 6.07) is -0.237. The van der Waals surface area contributed by atoms with Gasteiger partial charge in [-0.05, 0) is 25.7 Å². The maximum absolute atomic E-state index is 12.2. The van der Waals surface area contributed by atoms with Crippen molar-refractivity contribution in [2.45, 2.75) is 63.6 Å². The maximum atomic E-state index is 12.2. The Balaban J connectivity index is 1.56. The number of ether oxygens (including phenoxy) is 1. The Morgan fingerprint density at radius 1 is 1.26 bits per heavy atom. The number of rotatable bonds is 2. The van der Waals surface area contributed by atoms with E-state index >= 15 is 0 Å². The lowest BCUT2D eigenvalue weighted by Crippen LogP contribution is -2.44. The topological polar surface area (TPSA) is 67.0 Å². The van der Waals surface area contributed by atoms with E-state index in [-0.39, 0.29) is 18.1 Å². The summed E-state index contributed by atoms with van der Waals surface area (Å²) in [6.07, 6.45) is 9.38. The second kappa shape index (κ2) is 5.74. The number of carbonyl (C=O) groups is 1. The monoisotopic (exact) mass is 263 g/mol. The van der Waals surface area contributed by atoms with Gasteiger partial charge in [0.15, 0.2) is 0 Å². The fraction of sp³-hybridized carbons (Fsp3) is 0.714. The molecular formula is C14H21N3O2. The molecule has 1 fully saturated rings. The minimum absolute atomic E-state index is 0.111. The number of hydrogen-bond donors (Lipinski definition) is 2. The van der Waals surface area contributed by atoms with Gasteiger partial charge >= 0.3 is 5.97 Å². The second-order valence-electron chi connectivity index (χ2n) is 5.52. The van der Waals surface area contributed by atoms with Crippen molar-refractivity contribution in [2.24, 2.45) is 0 Å².